The third-order valence-electron chi connectivity index (χ3n) is 3.95. The van der Waals surface area contributed by atoms with Crippen molar-refractivity contribution >= 4 is 11.6 Å². The normalized spacial score (nSPS) is 27.7. The van der Waals surface area contributed by atoms with Crippen LogP contribution in [0.25, 0.3) is 0 Å². The molecule has 0 radical (unpaired) electrons. The van der Waals surface area contributed by atoms with E-state index < -0.39 is 0 Å². The molecular weight excluding hydrogens is 249 g/mol. The second kappa shape index (κ2) is 5.58. The molecule has 1 aliphatic carbocycles. The molecule has 0 aliphatic heterocycles. The van der Waals surface area contributed by atoms with Crippen molar-refractivity contribution in [2.24, 2.45) is 5.41 Å². The fourth-order valence-electron chi connectivity index (χ4n) is 3.08. The van der Waals surface area contributed by atoms with Gasteiger partial charge in [0.1, 0.15) is 5.82 Å². The zero-order chi connectivity index (χ0) is 13.2. The second-order valence-electron chi connectivity index (χ2n) is 5.72. The molecule has 1 aliphatic rings. The van der Waals surface area contributed by atoms with Crippen molar-refractivity contribution in [3.63, 3.8) is 0 Å². The minimum atomic E-state index is -0.195. The van der Waals surface area contributed by atoms with Gasteiger partial charge < -0.3 is 5.32 Å². The summed E-state index contributed by atoms with van der Waals surface area (Å²) in [6.45, 7) is 5.44. The first-order chi connectivity index (χ1) is 8.52. The van der Waals surface area contributed by atoms with Crippen molar-refractivity contribution in [2.75, 3.05) is 6.54 Å². The minimum absolute atomic E-state index is 0.195. The monoisotopic (exact) mass is 269 g/mol. The van der Waals surface area contributed by atoms with Gasteiger partial charge in [0.05, 0.1) is 0 Å². The maximum Gasteiger partial charge on any atom is 0.123 e. The van der Waals surface area contributed by atoms with Crippen molar-refractivity contribution in [1.29, 1.82) is 0 Å². The Morgan fingerprint density at radius 1 is 1.50 bits per heavy atom. The number of hydrogen-bond acceptors (Lipinski definition) is 1. The van der Waals surface area contributed by atoms with Crippen LogP contribution < -0.4 is 5.32 Å². The lowest BCUT2D eigenvalue weighted by Gasteiger charge is -2.25. The van der Waals surface area contributed by atoms with E-state index in [-0.39, 0.29) is 11.2 Å². The largest absolute Gasteiger partial charge is 0.314 e. The van der Waals surface area contributed by atoms with Crippen LogP contribution >= 0.6 is 11.6 Å². The molecule has 1 aromatic rings. The van der Waals surface area contributed by atoms with Crippen LogP contribution in [-0.2, 0) is 6.42 Å². The molecular formula is C15H21ClFN. The Morgan fingerprint density at radius 2 is 2.28 bits per heavy atom. The molecule has 1 nitrogen and oxygen atoms in total. The highest BCUT2D eigenvalue weighted by atomic mass is 35.5. The van der Waals surface area contributed by atoms with Gasteiger partial charge in [-0.25, -0.2) is 4.39 Å². The highest BCUT2D eigenvalue weighted by Crippen LogP contribution is 2.41. The average Bonchev–Trinajstić information content (AvgIpc) is 2.66. The van der Waals surface area contributed by atoms with Crippen LogP contribution in [0.15, 0.2) is 18.2 Å². The molecule has 2 rings (SSSR count). The van der Waals surface area contributed by atoms with Gasteiger partial charge in [0.15, 0.2) is 0 Å². The highest BCUT2D eigenvalue weighted by Gasteiger charge is 2.35. The van der Waals surface area contributed by atoms with Gasteiger partial charge in [-0.3, -0.25) is 0 Å². The molecule has 0 amide bonds. The topological polar surface area (TPSA) is 12.0 Å². The Kier molecular flexibility index (Phi) is 4.29. The minimum Gasteiger partial charge on any atom is -0.314 e. The molecule has 2 atom stereocenters. The van der Waals surface area contributed by atoms with E-state index in [0.717, 1.165) is 24.9 Å². The molecule has 3 heteroatoms. The zero-order valence-corrected chi connectivity index (χ0v) is 11.9. The molecule has 18 heavy (non-hydrogen) atoms. The summed E-state index contributed by atoms with van der Waals surface area (Å²) in [7, 11) is 0. The maximum absolute atomic E-state index is 13.3. The molecule has 1 fully saturated rings. The van der Waals surface area contributed by atoms with Gasteiger partial charge in [-0.05, 0) is 61.4 Å². The summed E-state index contributed by atoms with van der Waals surface area (Å²) in [5.41, 5.74) is 1.18. The van der Waals surface area contributed by atoms with E-state index in [1.807, 2.05) is 0 Å². The van der Waals surface area contributed by atoms with Gasteiger partial charge in [0, 0.05) is 11.1 Å². The van der Waals surface area contributed by atoms with Crippen molar-refractivity contribution in [3.8, 4) is 0 Å². The predicted octanol–water partition coefficient (Wildman–Crippen LogP) is 4.19. The molecule has 1 saturated carbocycles. The van der Waals surface area contributed by atoms with Crippen molar-refractivity contribution in [2.45, 2.75) is 45.6 Å². The van der Waals surface area contributed by atoms with E-state index in [1.54, 1.807) is 12.1 Å². The molecule has 100 valence electrons. The van der Waals surface area contributed by atoms with Crippen LogP contribution in [0.1, 0.15) is 38.7 Å². The molecule has 0 spiro atoms. The van der Waals surface area contributed by atoms with E-state index >= 15 is 0 Å². The first-order valence-corrected chi connectivity index (χ1v) is 7.07. The Morgan fingerprint density at radius 3 is 3.00 bits per heavy atom. The van der Waals surface area contributed by atoms with Gasteiger partial charge in [-0.15, -0.1) is 0 Å². The number of halogens is 2. The van der Waals surface area contributed by atoms with E-state index in [1.165, 1.54) is 18.9 Å². The smallest absolute Gasteiger partial charge is 0.123 e. The van der Waals surface area contributed by atoms with Gasteiger partial charge in [0.25, 0.3) is 0 Å². The van der Waals surface area contributed by atoms with Gasteiger partial charge in [-0.2, -0.15) is 0 Å². The van der Waals surface area contributed by atoms with Crippen molar-refractivity contribution in [1.82, 2.24) is 5.32 Å². The summed E-state index contributed by atoms with van der Waals surface area (Å²) < 4.78 is 13.3. The molecule has 0 heterocycles. The van der Waals surface area contributed by atoms with Crippen LogP contribution in [0, 0.1) is 11.2 Å². The number of nitrogens with one attached hydrogen (secondary N) is 1. The quantitative estimate of drug-likeness (QED) is 0.864. The van der Waals surface area contributed by atoms with Crippen LogP contribution in [0.5, 0.6) is 0 Å². The number of hydrogen-bond donors (Lipinski definition) is 1. The summed E-state index contributed by atoms with van der Waals surface area (Å²) in [6.07, 6.45) is 4.40. The number of benzene rings is 1. The summed E-state index contributed by atoms with van der Waals surface area (Å²) in [5, 5.41) is 4.19. The average molecular weight is 270 g/mol. The third-order valence-corrected chi connectivity index (χ3v) is 4.32. The fraction of sp³-hybridized carbons (Fsp3) is 0.600. The summed E-state index contributed by atoms with van der Waals surface area (Å²) in [6, 6.07) is 5.26. The van der Waals surface area contributed by atoms with Crippen LogP contribution in [0.3, 0.4) is 0 Å². The second-order valence-corrected chi connectivity index (χ2v) is 6.13. The summed E-state index contributed by atoms with van der Waals surface area (Å²) in [4.78, 5) is 0. The summed E-state index contributed by atoms with van der Waals surface area (Å²) >= 11 is 6.15. The van der Waals surface area contributed by atoms with Crippen LogP contribution in [0.4, 0.5) is 4.39 Å². The Hall–Kier alpha value is -0.600. The van der Waals surface area contributed by atoms with Crippen LogP contribution in [-0.4, -0.2) is 12.6 Å². The van der Waals surface area contributed by atoms with Gasteiger partial charge in [-0.1, -0.05) is 25.4 Å². The lowest BCUT2D eigenvalue weighted by Crippen LogP contribution is -2.28. The Labute approximate surface area is 114 Å². The number of rotatable bonds is 4. The highest BCUT2D eigenvalue weighted by molar-refractivity contribution is 6.31. The third kappa shape index (κ3) is 3.24. The van der Waals surface area contributed by atoms with Crippen molar-refractivity contribution in [3.05, 3.63) is 34.6 Å². The molecule has 1 aromatic carbocycles. The van der Waals surface area contributed by atoms with Gasteiger partial charge in [0.2, 0.25) is 0 Å². The predicted molar refractivity (Wildman–Crippen MR) is 74.5 cm³/mol. The SMILES string of the molecule is CCNC1CCC(C)(Cc2cc(F)ccc2Cl)C1. The fourth-order valence-corrected chi connectivity index (χ4v) is 3.27. The molecule has 2 unspecified atom stereocenters. The lowest BCUT2D eigenvalue weighted by atomic mass is 9.82. The first kappa shape index (κ1) is 13.8. The first-order valence-electron chi connectivity index (χ1n) is 6.70. The summed E-state index contributed by atoms with van der Waals surface area (Å²) in [5.74, 6) is -0.195. The Bertz CT molecular complexity index is 421. The van der Waals surface area contributed by atoms with Crippen LogP contribution in [0.2, 0.25) is 5.02 Å². The maximum atomic E-state index is 13.3. The van der Waals surface area contributed by atoms with E-state index in [0.29, 0.717) is 11.1 Å². The Balaban J connectivity index is 2.07. The van der Waals surface area contributed by atoms with E-state index in [4.69, 9.17) is 11.6 Å². The molecule has 0 aromatic heterocycles. The molecule has 0 saturated heterocycles. The molecule has 1 N–H and O–H groups in total. The molecule has 0 bridgehead atoms. The van der Waals surface area contributed by atoms with Crippen molar-refractivity contribution < 1.29 is 4.39 Å². The standard InChI is InChI=1S/C15H21ClFN/c1-3-18-13-6-7-15(2,10-13)9-11-8-12(17)4-5-14(11)16/h4-5,8,13,18H,3,6-7,9-10H2,1-2H3. The lowest BCUT2D eigenvalue weighted by molar-refractivity contribution is 0.322. The van der Waals surface area contributed by atoms with E-state index in [9.17, 15) is 4.39 Å². The van der Waals surface area contributed by atoms with E-state index in [2.05, 4.69) is 19.2 Å². The zero-order valence-electron chi connectivity index (χ0n) is 11.1. The van der Waals surface area contributed by atoms with Gasteiger partial charge >= 0.3 is 0 Å².